The number of fused-ring (bicyclic) bond motifs is 1. The zero-order valence-corrected chi connectivity index (χ0v) is 19.9. The average molecular weight is 460 g/mol. The SMILES string of the molecule is Cc1c(CC(=O)c2noc(C(C)(C)C)n2)cccc1-c1ccnc2[nH]nc(N[C@@H]3CCNC3)c12. The summed E-state index contributed by atoms with van der Waals surface area (Å²) in [4.78, 5) is 21.7. The quantitative estimate of drug-likeness (QED) is 0.372. The van der Waals surface area contributed by atoms with E-state index < -0.39 is 0 Å². The van der Waals surface area contributed by atoms with Crippen LogP contribution in [0, 0.1) is 6.92 Å². The summed E-state index contributed by atoms with van der Waals surface area (Å²) in [6.45, 7) is 9.86. The number of nitrogens with one attached hydrogen (secondary N) is 3. The smallest absolute Gasteiger partial charge is 0.238 e. The molecule has 176 valence electrons. The van der Waals surface area contributed by atoms with Crippen LogP contribution in [-0.2, 0) is 11.8 Å². The van der Waals surface area contributed by atoms with E-state index in [1.807, 2.05) is 45.9 Å². The molecule has 1 aliphatic heterocycles. The third-order valence-corrected chi connectivity index (χ3v) is 6.27. The summed E-state index contributed by atoms with van der Waals surface area (Å²) in [6, 6.07) is 8.34. The summed E-state index contributed by atoms with van der Waals surface area (Å²) in [5, 5.41) is 19.3. The van der Waals surface area contributed by atoms with Crippen LogP contribution in [0.4, 0.5) is 5.82 Å². The van der Waals surface area contributed by atoms with Crippen LogP contribution in [0.1, 0.15) is 54.8 Å². The molecule has 34 heavy (non-hydrogen) atoms. The number of aromatic amines is 1. The van der Waals surface area contributed by atoms with Gasteiger partial charge in [0, 0.05) is 30.6 Å². The molecule has 1 aromatic carbocycles. The number of benzene rings is 1. The van der Waals surface area contributed by atoms with Gasteiger partial charge in [-0.3, -0.25) is 9.89 Å². The molecule has 0 aliphatic carbocycles. The second kappa shape index (κ2) is 8.64. The van der Waals surface area contributed by atoms with Crippen molar-refractivity contribution >= 4 is 22.6 Å². The molecular formula is C25H29N7O2. The zero-order valence-electron chi connectivity index (χ0n) is 19.9. The Hall–Kier alpha value is -3.59. The van der Waals surface area contributed by atoms with Gasteiger partial charge in [-0.25, -0.2) is 4.98 Å². The second-order valence-corrected chi connectivity index (χ2v) is 9.85. The summed E-state index contributed by atoms with van der Waals surface area (Å²) in [7, 11) is 0. The molecule has 5 rings (SSSR count). The predicted molar refractivity (Wildman–Crippen MR) is 130 cm³/mol. The van der Waals surface area contributed by atoms with E-state index in [4.69, 9.17) is 4.52 Å². The highest BCUT2D eigenvalue weighted by atomic mass is 16.5. The Morgan fingerprint density at radius 1 is 1.24 bits per heavy atom. The van der Waals surface area contributed by atoms with Crippen LogP contribution >= 0.6 is 0 Å². The van der Waals surface area contributed by atoms with E-state index in [0.717, 1.165) is 58.6 Å². The second-order valence-electron chi connectivity index (χ2n) is 9.85. The molecule has 0 saturated carbocycles. The maximum absolute atomic E-state index is 12.9. The monoisotopic (exact) mass is 459 g/mol. The molecule has 0 amide bonds. The third-order valence-electron chi connectivity index (χ3n) is 6.27. The molecule has 4 heterocycles. The maximum atomic E-state index is 12.9. The van der Waals surface area contributed by atoms with Gasteiger partial charge in [-0.1, -0.05) is 44.1 Å². The summed E-state index contributed by atoms with van der Waals surface area (Å²) in [5.41, 5.74) is 4.43. The standard InChI is InChI=1S/C25H29N7O2/c1-14-15(12-19(33)21-29-24(34-32-21)25(2,3)4)6-5-7-17(14)18-9-11-27-22-20(18)23(31-30-22)28-16-8-10-26-13-16/h5-7,9,11,16,26H,8,10,12-13H2,1-4H3,(H2,27,28,30,31)/t16-/m1/s1. The van der Waals surface area contributed by atoms with Crippen LogP contribution in [-0.4, -0.2) is 50.2 Å². The van der Waals surface area contributed by atoms with Crippen LogP contribution in [0.2, 0.25) is 0 Å². The molecule has 0 bridgehead atoms. The number of pyridine rings is 1. The van der Waals surface area contributed by atoms with Crippen molar-refractivity contribution in [2.45, 2.75) is 52.0 Å². The van der Waals surface area contributed by atoms with E-state index in [0.29, 0.717) is 11.9 Å². The van der Waals surface area contributed by atoms with Gasteiger partial charge in [0.2, 0.25) is 17.5 Å². The normalized spacial score (nSPS) is 16.3. The highest BCUT2D eigenvalue weighted by molar-refractivity contribution is 6.01. The number of ketones is 1. The molecule has 4 aromatic rings. The Morgan fingerprint density at radius 2 is 2.09 bits per heavy atom. The Balaban J connectivity index is 1.47. The fourth-order valence-corrected chi connectivity index (χ4v) is 4.31. The highest BCUT2D eigenvalue weighted by Crippen LogP contribution is 2.35. The summed E-state index contributed by atoms with van der Waals surface area (Å²) < 4.78 is 5.31. The Labute approximate surface area is 197 Å². The lowest BCUT2D eigenvalue weighted by atomic mass is 9.93. The van der Waals surface area contributed by atoms with E-state index in [9.17, 15) is 4.79 Å². The molecule has 1 saturated heterocycles. The summed E-state index contributed by atoms with van der Waals surface area (Å²) in [6.07, 6.45) is 3.02. The minimum absolute atomic E-state index is 0.118. The number of hydrogen-bond acceptors (Lipinski definition) is 8. The van der Waals surface area contributed by atoms with Gasteiger partial charge >= 0.3 is 0 Å². The number of aromatic nitrogens is 5. The molecular weight excluding hydrogens is 430 g/mol. The molecule has 0 unspecified atom stereocenters. The van der Waals surface area contributed by atoms with Gasteiger partial charge < -0.3 is 15.2 Å². The first-order valence-electron chi connectivity index (χ1n) is 11.6. The van der Waals surface area contributed by atoms with Gasteiger partial charge in [0.15, 0.2) is 11.5 Å². The summed E-state index contributed by atoms with van der Waals surface area (Å²) >= 11 is 0. The molecule has 0 radical (unpaired) electrons. The van der Waals surface area contributed by atoms with Gasteiger partial charge in [0.1, 0.15) is 0 Å². The molecule has 1 atom stereocenters. The van der Waals surface area contributed by atoms with Crippen molar-refractivity contribution in [2.75, 3.05) is 18.4 Å². The van der Waals surface area contributed by atoms with Crippen LogP contribution in [0.15, 0.2) is 35.0 Å². The first-order chi connectivity index (χ1) is 16.3. The average Bonchev–Trinajstić information content (AvgIpc) is 3.56. The third kappa shape index (κ3) is 4.19. The lowest BCUT2D eigenvalue weighted by Crippen LogP contribution is -2.22. The van der Waals surface area contributed by atoms with Crippen molar-refractivity contribution in [1.82, 2.24) is 30.6 Å². The lowest BCUT2D eigenvalue weighted by Gasteiger charge is -2.14. The molecule has 9 nitrogen and oxygen atoms in total. The van der Waals surface area contributed by atoms with Crippen LogP contribution in [0.5, 0.6) is 0 Å². The molecule has 1 aliphatic rings. The van der Waals surface area contributed by atoms with Gasteiger partial charge in [-0.15, -0.1) is 0 Å². The Morgan fingerprint density at radius 3 is 2.82 bits per heavy atom. The number of hydrogen-bond donors (Lipinski definition) is 3. The van der Waals surface area contributed by atoms with E-state index in [1.54, 1.807) is 6.20 Å². The van der Waals surface area contributed by atoms with Crippen molar-refractivity contribution < 1.29 is 9.32 Å². The van der Waals surface area contributed by atoms with Crippen LogP contribution < -0.4 is 10.6 Å². The largest absolute Gasteiger partial charge is 0.364 e. The number of anilines is 1. The fourth-order valence-electron chi connectivity index (χ4n) is 4.31. The number of H-pyrrole nitrogens is 1. The molecule has 9 heteroatoms. The molecule has 3 aromatic heterocycles. The van der Waals surface area contributed by atoms with E-state index in [-0.39, 0.29) is 23.4 Å². The topological polar surface area (TPSA) is 122 Å². The highest BCUT2D eigenvalue weighted by Gasteiger charge is 2.25. The Bertz CT molecular complexity index is 1340. The first kappa shape index (κ1) is 22.2. The molecule has 0 spiro atoms. The number of carbonyl (C=O) groups excluding carboxylic acids is 1. The van der Waals surface area contributed by atoms with Gasteiger partial charge in [0.05, 0.1) is 5.39 Å². The Kier molecular flexibility index (Phi) is 5.65. The van der Waals surface area contributed by atoms with Crippen LogP contribution in [0.3, 0.4) is 0 Å². The van der Waals surface area contributed by atoms with Gasteiger partial charge in [-0.2, -0.15) is 10.1 Å². The first-order valence-corrected chi connectivity index (χ1v) is 11.6. The maximum Gasteiger partial charge on any atom is 0.238 e. The summed E-state index contributed by atoms with van der Waals surface area (Å²) in [5.74, 6) is 1.21. The van der Waals surface area contributed by atoms with Crippen molar-refractivity contribution in [3.8, 4) is 11.1 Å². The van der Waals surface area contributed by atoms with E-state index in [1.165, 1.54) is 0 Å². The van der Waals surface area contributed by atoms with E-state index in [2.05, 4.69) is 42.0 Å². The predicted octanol–water partition coefficient (Wildman–Crippen LogP) is 3.81. The molecule has 3 N–H and O–H groups in total. The number of carbonyl (C=O) groups is 1. The number of Topliss-reactive ketones (excluding diaryl/α,β-unsaturated/α-hetero) is 1. The number of rotatable bonds is 6. The van der Waals surface area contributed by atoms with E-state index >= 15 is 0 Å². The van der Waals surface area contributed by atoms with Crippen molar-refractivity contribution in [2.24, 2.45) is 0 Å². The minimum atomic E-state index is -0.307. The van der Waals surface area contributed by atoms with Crippen molar-refractivity contribution in [3.63, 3.8) is 0 Å². The van der Waals surface area contributed by atoms with Crippen molar-refractivity contribution in [1.29, 1.82) is 0 Å². The van der Waals surface area contributed by atoms with Gasteiger partial charge in [-0.05, 0) is 48.2 Å². The fraction of sp³-hybridized carbons (Fsp3) is 0.400. The van der Waals surface area contributed by atoms with Gasteiger partial charge in [0.25, 0.3) is 0 Å². The lowest BCUT2D eigenvalue weighted by molar-refractivity contribution is 0.0980. The van der Waals surface area contributed by atoms with Crippen molar-refractivity contribution in [3.05, 3.63) is 53.3 Å². The number of nitrogens with zero attached hydrogens (tertiary/aromatic N) is 4. The van der Waals surface area contributed by atoms with Crippen LogP contribution in [0.25, 0.3) is 22.2 Å². The minimum Gasteiger partial charge on any atom is -0.364 e. The zero-order chi connectivity index (χ0) is 23.9. The molecule has 1 fully saturated rings.